The van der Waals surface area contributed by atoms with Crippen LogP contribution in [0.4, 0.5) is 21.0 Å². The zero-order valence-electron chi connectivity index (χ0n) is 13.1. The van der Waals surface area contributed by atoms with Crippen LogP contribution in [0.3, 0.4) is 0 Å². The molecule has 4 rings (SSSR count). The summed E-state index contributed by atoms with van der Waals surface area (Å²) in [6.07, 6.45) is 0. The molecule has 0 spiro atoms. The molecule has 2 heterocycles. The third-order valence-corrected chi connectivity index (χ3v) is 6.85. The number of amides is 2. The minimum Gasteiger partial charge on any atom is -0.261 e. The third kappa shape index (κ3) is 2.88. The van der Waals surface area contributed by atoms with E-state index in [4.69, 9.17) is 24.4 Å². The van der Waals surface area contributed by atoms with Gasteiger partial charge in [-0.05, 0) is 47.8 Å². The summed E-state index contributed by atoms with van der Waals surface area (Å²) in [6, 6.07) is 18.4. The van der Waals surface area contributed by atoms with Crippen molar-refractivity contribution >= 4 is 79.8 Å². The van der Waals surface area contributed by atoms with Gasteiger partial charge in [-0.2, -0.15) is 0 Å². The fourth-order valence-corrected chi connectivity index (χ4v) is 5.60. The average Bonchev–Trinajstić information content (AvgIpc) is 3.11. The normalized spacial score (nSPS) is 20.5. The number of carbonyl (C=O) groups is 2. The van der Waals surface area contributed by atoms with Crippen LogP contribution in [0.15, 0.2) is 70.5 Å². The van der Waals surface area contributed by atoms with Crippen molar-refractivity contribution < 1.29 is 9.59 Å². The molecule has 0 N–H and O–H groups in total. The second-order valence-corrected chi connectivity index (χ2v) is 8.04. The molecule has 8 heteroatoms. The number of thioether (sulfide) groups is 2. The Morgan fingerprint density at radius 3 is 1.31 bits per heavy atom. The lowest BCUT2D eigenvalue weighted by molar-refractivity contribution is 0.267. The molecule has 0 saturated carbocycles. The van der Waals surface area contributed by atoms with E-state index in [2.05, 4.69) is 0 Å². The van der Waals surface area contributed by atoms with E-state index < -0.39 is 0 Å². The van der Waals surface area contributed by atoms with Crippen molar-refractivity contribution in [3.8, 4) is 0 Å². The van der Waals surface area contributed by atoms with Crippen LogP contribution in [-0.4, -0.2) is 20.5 Å². The summed E-state index contributed by atoms with van der Waals surface area (Å²) < 4.78 is 0. The van der Waals surface area contributed by atoms with Crippen molar-refractivity contribution in [3.63, 3.8) is 0 Å². The van der Waals surface area contributed by atoms with E-state index in [0.29, 0.717) is 31.2 Å². The zero-order valence-corrected chi connectivity index (χ0v) is 16.4. The highest BCUT2D eigenvalue weighted by Gasteiger charge is 2.41. The number of nitrogens with zero attached hydrogens (tertiary/aromatic N) is 2. The summed E-state index contributed by atoms with van der Waals surface area (Å²) in [5, 5.41) is -0.393. The van der Waals surface area contributed by atoms with Crippen LogP contribution in [0.25, 0.3) is 0 Å². The van der Waals surface area contributed by atoms with E-state index in [1.165, 1.54) is 9.80 Å². The van der Waals surface area contributed by atoms with E-state index >= 15 is 0 Å². The number of rotatable bonds is 2. The number of anilines is 2. The molecule has 0 aliphatic carbocycles. The lowest BCUT2D eigenvalue weighted by Crippen LogP contribution is -2.28. The zero-order chi connectivity index (χ0) is 18.3. The predicted molar refractivity (Wildman–Crippen MR) is 116 cm³/mol. The molecule has 2 amide bonds. The smallest absolute Gasteiger partial charge is 0.261 e. The van der Waals surface area contributed by atoms with Crippen LogP contribution in [0.5, 0.6) is 0 Å². The highest BCUT2D eigenvalue weighted by molar-refractivity contribution is 8.23. The summed E-state index contributed by atoms with van der Waals surface area (Å²) in [5.74, 6) is 0. The van der Waals surface area contributed by atoms with E-state index in [0.717, 1.165) is 23.5 Å². The first-order valence-electron chi connectivity index (χ1n) is 7.55. The monoisotopic (exact) mass is 414 g/mol. The standard InChI is InChI=1S/C18H10N2O2S4/c21-17-19(11-7-3-1-4-8-11)15(23)13(25-17)14-16(24)20(18(22)26-14)12-9-5-2-6-10-12/h1-10H/b14-13-. The van der Waals surface area contributed by atoms with Crippen LogP contribution in [0.1, 0.15) is 0 Å². The Morgan fingerprint density at radius 1 is 0.615 bits per heavy atom. The van der Waals surface area contributed by atoms with Gasteiger partial charge in [0.15, 0.2) is 0 Å². The topological polar surface area (TPSA) is 40.6 Å². The van der Waals surface area contributed by atoms with Crippen molar-refractivity contribution in [1.82, 2.24) is 0 Å². The Morgan fingerprint density at radius 2 is 0.962 bits per heavy atom. The molecular weight excluding hydrogens is 404 g/mol. The first-order chi connectivity index (χ1) is 12.6. The quantitative estimate of drug-likeness (QED) is 0.471. The Kier molecular flexibility index (Phi) is 4.66. The van der Waals surface area contributed by atoms with Gasteiger partial charge in [-0.25, -0.2) is 0 Å². The summed E-state index contributed by atoms with van der Waals surface area (Å²) in [5.41, 5.74) is 1.40. The van der Waals surface area contributed by atoms with Crippen LogP contribution in [-0.2, 0) is 0 Å². The number of hydrogen-bond acceptors (Lipinski definition) is 6. The number of carbonyl (C=O) groups excluding carboxylic acids is 2. The van der Waals surface area contributed by atoms with Crippen LogP contribution in [0.2, 0.25) is 0 Å². The van der Waals surface area contributed by atoms with Crippen molar-refractivity contribution in [2.75, 3.05) is 9.80 Å². The lowest BCUT2D eigenvalue weighted by Gasteiger charge is -2.15. The van der Waals surface area contributed by atoms with Gasteiger partial charge in [0.25, 0.3) is 10.5 Å². The molecule has 2 aromatic carbocycles. The highest BCUT2D eigenvalue weighted by atomic mass is 32.2. The van der Waals surface area contributed by atoms with Gasteiger partial charge >= 0.3 is 0 Å². The molecule has 0 bridgehead atoms. The van der Waals surface area contributed by atoms with Gasteiger partial charge in [0.2, 0.25) is 0 Å². The van der Waals surface area contributed by atoms with Crippen molar-refractivity contribution in [2.45, 2.75) is 0 Å². The highest BCUT2D eigenvalue weighted by Crippen LogP contribution is 2.45. The molecule has 128 valence electrons. The molecule has 0 aromatic heterocycles. The Bertz CT molecular complexity index is 894. The molecule has 4 nitrogen and oxygen atoms in total. The Balaban J connectivity index is 1.72. The summed E-state index contributed by atoms with van der Waals surface area (Å²) >= 11 is 13.1. The maximum atomic E-state index is 12.5. The van der Waals surface area contributed by atoms with Gasteiger partial charge in [0.05, 0.1) is 21.2 Å². The first-order valence-corrected chi connectivity index (χ1v) is 10.00. The first kappa shape index (κ1) is 17.4. The lowest BCUT2D eigenvalue weighted by atomic mass is 10.3. The maximum absolute atomic E-state index is 12.5. The fourth-order valence-electron chi connectivity index (χ4n) is 2.61. The molecule has 26 heavy (non-hydrogen) atoms. The second kappa shape index (κ2) is 6.96. The Labute approximate surface area is 169 Å². The molecule has 2 fully saturated rings. The van der Waals surface area contributed by atoms with E-state index in [9.17, 15) is 9.59 Å². The molecule has 2 aliphatic rings. The number of hydrogen-bond donors (Lipinski definition) is 0. The van der Waals surface area contributed by atoms with Gasteiger partial charge in [0, 0.05) is 0 Å². The number of benzene rings is 2. The van der Waals surface area contributed by atoms with E-state index in [1.54, 1.807) is 0 Å². The molecule has 0 unspecified atom stereocenters. The second-order valence-electron chi connectivity index (χ2n) is 5.35. The molecule has 2 aromatic rings. The maximum Gasteiger partial charge on any atom is 0.296 e. The van der Waals surface area contributed by atoms with Gasteiger partial charge in [0.1, 0.15) is 9.98 Å². The summed E-state index contributed by atoms with van der Waals surface area (Å²) in [6.45, 7) is 0. The van der Waals surface area contributed by atoms with Gasteiger partial charge in [-0.3, -0.25) is 19.4 Å². The van der Waals surface area contributed by atoms with Crippen LogP contribution in [0, 0.1) is 0 Å². The number of thiocarbonyl (C=S) groups is 2. The molecule has 0 atom stereocenters. The summed E-state index contributed by atoms with van der Waals surface area (Å²) in [4.78, 5) is 29.8. The predicted octanol–water partition coefficient (Wildman–Crippen LogP) is 5.60. The van der Waals surface area contributed by atoms with Crippen molar-refractivity contribution in [1.29, 1.82) is 0 Å². The molecule has 2 saturated heterocycles. The minimum absolute atomic E-state index is 0.197. The van der Waals surface area contributed by atoms with Crippen LogP contribution >= 0.6 is 48.0 Å². The third-order valence-electron chi connectivity index (χ3n) is 3.77. The largest absolute Gasteiger partial charge is 0.296 e. The SMILES string of the molecule is O=C1S/C(=C2\SC(=O)N(c3ccccc3)C2=S)C(=S)N1c1ccccc1. The van der Waals surface area contributed by atoms with Crippen molar-refractivity contribution in [2.24, 2.45) is 0 Å². The number of para-hydroxylation sites is 2. The van der Waals surface area contributed by atoms with Crippen LogP contribution < -0.4 is 9.80 Å². The van der Waals surface area contributed by atoms with Gasteiger partial charge < -0.3 is 0 Å². The Hall–Kier alpha value is -2.00. The van der Waals surface area contributed by atoms with Gasteiger partial charge in [-0.1, -0.05) is 60.8 Å². The molecule has 2 aliphatic heterocycles. The molecular formula is C18H10N2O2S4. The van der Waals surface area contributed by atoms with Gasteiger partial charge in [-0.15, -0.1) is 0 Å². The average molecular weight is 415 g/mol. The molecule has 0 radical (unpaired) electrons. The summed E-state index contributed by atoms with van der Waals surface area (Å²) in [7, 11) is 0. The van der Waals surface area contributed by atoms with Crippen molar-refractivity contribution in [3.05, 3.63) is 70.5 Å². The minimum atomic E-state index is -0.197. The van der Waals surface area contributed by atoms with E-state index in [1.807, 2.05) is 60.7 Å². The van der Waals surface area contributed by atoms with E-state index in [-0.39, 0.29) is 10.5 Å². The fraction of sp³-hybridized carbons (Fsp3) is 0.